The number of thiol groups is 1. The number of hydrogen-bond donors (Lipinski definition) is 5. The van der Waals surface area contributed by atoms with Crippen LogP contribution in [0.3, 0.4) is 0 Å². The number of amides is 3. The van der Waals surface area contributed by atoms with Crippen molar-refractivity contribution in [1.82, 2.24) is 14.6 Å². The van der Waals surface area contributed by atoms with Crippen LogP contribution in [0.4, 0.5) is 9.80 Å². The van der Waals surface area contributed by atoms with E-state index in [1.54, 1.807) is 12.1 Å². The van der Waals surface area contributed by atoms with Crippen LogP contribution in [0, 0.1) is 0 Å². The van der Waals surface area contributed by atoms with Gasteiger partial charge in [-0.25, -0.2) is 9.59 Å². The molecule has 1 aliphatic rings. The molecule has 0 aliphatic carbocycles. The van der Waals surface area contributed by atoms with Crippen LogP contribution in [-0.2, 0) is 0 Å². The van der Waals surface area contributed by atoms with E-state index in [0.717, 1.165) is 37.6 Å². The van der Waals surface area contributed by atoms with Crippen LogP contribution >= 0.6 is 24.2 Å². The average molecular weight is 464 g/mol. The molecule has 31 heavy (non-hydrogen) atoms. The van der Waals surface area contributed by atoms with E-state index in [9.17, 15) is 14.4 Å². The molecule has 2 heterocycles. The zero-order valence-corrected chi connectivity index (χ0v) is 18.5. The van der Waals surface area contributed by atoms with Gasteiger partial charge in [0.25, 0.3) is 5.91 Å². The molecular weight excluding hydrogens is 438 g/mol. The Labute approximate surface area is 189 Å². The Bertz CT molecular complexity index is 942. The molecule has 5 N–H and O–H groups in total. The van der Waals surface area contributed by atoms with E-state index in [1.165, 1.54) is 25.0 Å². The standard InChI is InChI=1S/C20H25N5O4S2/c21-17(26)14-15(16(30)12-4-6-13(7-5-12)19(27)28)24-31-18(14)23-20(29)22-8-3-11-25-9-1-2-10-25/h4-7,16,30H,1-3,8-11H2,(H2,21,26)(H,27,28)(H2,22,23,29). The van der Waals surface area contributed by atoms with Gasteiger partial charge < -0.3 is 21.1 Å². The number of nitrogens with two attached hydrogens (primary N) is 1. The number of aromatic carboxylic acids is 1. The second-order valence-electron chi connectivity index (χ2n) is 7.25. The molecule has 0 bridgehead atoms. The van der Waals surface area contributed by atoms with Crippen LogP contribution in [0.15, 0.2) is 24.3 Å². The average Bonchev–Trinajstić information content (AvgIpc) is 3.40. The Morgan fingerprint density at radius 2 is 1.90 bits per heavy atom. The molecule has 3 amide bonds. The van der Waals surface area contributed by atoms with Crippen LogP contribution in [-0.4, -0.2) is 58.5 Å². The number of hydrogen-bond acceptors (Lipinski definition) is 7. The number of carboxylic acids is 1. The van der Waals surface area contributed by atoms with Gasteiger partial charge in [-0.1, -0.05) is 12.1 Å². The van der Waals surface area contributed by atoms with Crippen molar-refractivity contribution in [3.05, 3.63) is 46.6 Å². The van der Waals surface area contributed by atoms with Crippen molar-refractivity contribution >= 4 is 47.1 Å². The maximum absolute atomic E-state index is 12.3. The van der Waals surface area contributed by atoms with Gasteiger partial charge in [-0.05, 0) is 68.1 Å². The van der Waals surface area contributed by atoms with E-state index < -0.39 is 23.2 Å². The molecule has 0 saturated carbocycles. The molecule has 1 unspecified atom stereocenters. The highest BCUT2D eigenvalue weighted by Gasteiger charge is 2.25. The van der Waals surface area contributed by atoms with Crippen LogP contribution in [0.5, 0.6) is 0 Å². The van der Waals surface area contributed by atoms with E-state index in [4.69, 9.17) is 10.8 Å². The summed E-state index contributed by atoms with van der Waals surface area (Å²) in [6.45, 7) is 3.69. The molecule has 1 saturated heterocycles. The van der Waals surface area contributed by atoms with Crippen molar-refractivity contribution in [2.75, 3.05) is 31.5 Å². The first kappa shape index (κ1) is 23.0. The van der Waals surface area contributed by atoms with Gasteiger partial charge in [-0.2, -0.15) is 17.0 Å². The highest BCUT2D eigenvalue weighted by Crippen LogP contribution is 2.35. The van der Waals surface area contributed by atoms with E-state index in [-0.39, 0.29) is 16.1 Å². The number of urea groups is 1. The number of benzene rings is 1. The molecule has 0 spiro atoms. The molecule has 9 nitrogen and oxygen atoms in total. The number of likely N-dealkylation sites (tertiary alicyclic amines) is 1. The summed E-state index contributed by atoms with van der Waals surface area (Å²) in [7, 11) is 0. The van der Waals surface area contributed by atoms with E-state index in [0.29, 0.717) is 17.8 Å². The summed E-state index contributed by atoms with van der Waals surface area (Å²) in [6.07, 6.45) is 3.30. The predicted molar refractivity (Wildman–Crippen MR) is 122 cm³/mol. The summed E-state index contributed by atoms with van der Waals surface area (Å²) in [6, 6.07) is 5.68. The number of rotatable bonds is 9. The van der Waals surface area contributed by atoms with E-state index in [1.807, 2.05) is 0 Å². The molecule has 1 fully saturated rings. The quantitative estimate of drug-likeness (QED) is 0.286. The van der Waals surface area contributed by atoms with Crippen molar-refractivity contribution in [2.45, 2.75) is 24.5 Å². The lowest BCUT2D eigenvalue weighted by atomic mass is 10.0. The van der Waals surface area contributed by atoms with Crippen LogP contribution in [0.25, 0.3) is 0 Å². The van der Waals surface area contributed by atoms with Crippen molar-refractivity contribution in [2.24, 2.45) is 5.73 Å². The Balaban J connectivity index is 1.63. The fourth-order valence-corrected chi connectivity index (χ4v) is 4.69. The van der Waals surface area contributed by atoms with Gasteiger partial charge in [0, 0.05) is 6.54 Å². The van der Waals surface area contributed by atoms with Gasteiger partial charge in [0.05, 0.1) is 22.1 Å². The van der Waals surface area contributed by atoms with E-state index >= 15 is 0 Å². The lowest BCUT2D eigenvalue weighted by Crippen LogP contribution is -2.32. The van der Waals surface area contributed by atoms with Crippen molar-refractivity contribution in [3.8, 4) is 0 Å². The van der Waals surface area contributed by atoms with Crippen molar-refractivity contribution < 1.29 is 19.5 Å². The fraction of sp³-hybridized carbons (Fsp3) is 0.400. The van der Waals surface area contributed by atoms with Crippen molar-refractivity contribution in [1.29, 1.82) is 0 Å². The first-order valence-corrected chi connectivity index (χ1v) is 11.2. The van der Waals surface area contributed by atoms with Crippen LogP contribution in [0.1, 0.15) is 56.5 Å². The molecule has 11 heteroatoms. The number of aromatic nitrogens is 1. The van der Waals surface area contributed by atoms with Gasteiger partial charge in [-0.3, -0.25) is 10.1 Å². The normalized spacial score (nSPS) is 14.9. The topological polar surface area (TPSA) is 138 Å². The second kappa shape index (κ2) is 10.6. The maximum atomic E-state index is 12.3. The molecule has 1 aliphatic heterocycles. The number of nitrogens with zero attached hydrogens (tertiary/aromatic N) is 2. The number of nitrogens with one attached hydrogen (secondary N) is 2. The molecule has 3 rings (SSSR count). The first-order valence-electron chi connectivity index (χ1n) is 9.94. The summed E-state index contributed by atoms with van der Waals surface area (Å²) < 4.78 is 4.27. The maximum Gasteiger partial charge on any atom is 0.335 e. The summed E-state index contributed by atoms with van der Waals surface area (Å²) in [5.41, 5.74) is 6.75. The highest BCUT2D eigenvalue weighted by molar-refractivity contribution is 7.80. The Kier molecular flexibility index (Phi) is 7.88. The van der Waals surface area contributed by atoms with Gasteiger partial charge in [-0.15, -0.1) is 0 Å². The lowest BCUT2D eigenvalue weighted by Gasteiger charge is -2.14. The summed E-state index contributed by atoms with van der Waals surface area (Å²) in [4.78, 5) is 37.7. The molecule has 1 aromatic heterocycles. The number of anilines is 1. The number of carbonyl (C=O) groups excluding carboxylic acids is 2. The van der Waals surface area contributed by atoms with Gasteiger partial charge in [0.2, 0.25) is 0 Å². The first-order chi connectivity index (χ1) is 14.9. The summed E-state index contributed by atoms with van der Waals surface area (Å²) in [5.74, 6) is -1.76. The zero-order chi connectivity index (χ0) is 22.4. The number of carboxylic acid groups (broad SMARTS) is 1. The third kappa shape index (κ3) is 5.96. The molecule has 1 aromatic carbocycles. The summed E-state index contributed by atoms with van der Waals surface area (Å²) >= 11 is 5.48. The van der Waals surface area contributed by atoms with Crippen LogP contribution < -0.4 is 16.4 Å². The number of carbonyl (C=O) groups is 3. The summed E-state index contributed by atoms with van der Waals surface area (Å²) in [5, 5.41) is 14.1. The van der Waals surface area contributed by atoms with Crippen molar-refractivity contribution in [3.63, 3.8) is 0 Å². The van der Waals surface area contributed by atoms with Gasteiger partial charge in [0.15, 0.2) is 0 Å². The zero-order valence-electron chi connectivity index (χ0n) is 16.8. The fourth-order valence-electron chi connectivity index (χ4n) is 3.44. The number of primary amides is 1. The third-order valence-electron chi connectivity index (χ3n) is 5.06. The molecule has 166 valence electrons. The van der Waals surface area contributed by atoms with Gasteiger partial charge >= 0.3 is 12.0 Å². The molecule has 0 radical (unpaired) electrons. The Morgan fingerprint density at radius 3 is 2.52 bits per heavy atom. The largest absolute Gasteiger partial charge is 0.478 e. The molecule has 1 atom stereocenters. The lowest BCUT2D eigenvalue weighted by molar-refractivity contribution is 0.0696. The minimum atomic E-state index is -1.04. The Morgan fingerprint density at radius 1 is 1.23 bits per heavy atom. The smallest absolute Gasteiger partial charge is 0.335 e. The minimum Gasteiger partial charge on any atom is -0.478 e. The van der Waals surface area contributed by atoms with Gasteiger partial charge in [0.1, 0.15) is 5.00 Å². The molecule has 2 aromatic rings. The van der Waals surface area contributed by atoms with E-state index in [2.05, 4.69) is 32.5 Å². The second-order valence-corrected chi connectivity index (χ2v) is 8.54. The minimum absolute atomic E-state index is 0.0968. The highest BCUT2D eigenvalue weighted by atomic mass is 32.1. The predicted octanol–water partition coefficient (Wildman–Crippen LogP) is 2.57. The molecular formula is C20H25N5O4S2. The van der Waals surface area contributed by atoms with Crippen LogP contribution in [0.2, 0.25) is 0 Å². The Hall–Kier alpha value is -2.63. The SMILES string of the molecule is NC(=O)c1c(C(S)c2ccc(C(=O)O)cc2)nsc1NC(=O)NCCCN1CCCC1. The third-order valence-corrected chi connectivity index (χ3v) is 6.38. The monoisotopic (exact) mass is 463 g/mol.